The van der Waals surface area contributed by atoms with Gasteiger partial charge >= 0.3 is 14.2 Å². The van der Waals surface area contributed by atoms with Crippen LogP contribution >= 0.6 is 19.6 Å². The molecule has 1 atom stereocenters. The number of aliphatic hydroxyl groups excluding tert-OH is 1. The molecule has 0 bridgehead atoms. The summed E-state index contributed by atoms with van der Waals surface area (Å²) in [6, 6.07) is 5.89. The summed E-state index contributed by atoms with van der Waals surface area (Å²) in [5.74, 6) is -1.36. The van der Waals surface area contributed by atoms with Gasteiger partial charge in [-0.2, -0.15) is 23.3 Å². The molecule has 0 saturated carbocycles. The number of amides is 1. The summed E-state index contributed by atoms with van der Waals surface area (Å²) < 4.78 is 71.9. The lowest BCUT2D eigenvalue weighted by molar-refractivity contribution is -0.146. The van der Waals surface area contributed by atoms with Crippen LogP contribution in [0.15, 0.2) is 42.9 Å². The minimum atomic E-state index is -4.87. The molecule has 1 fully saturated rings. The highest BCUT2D eigenvalue weighted by Gasteiger charge is 2.39. The Morgan fingerprint density at radius 1 is 1.18 bits per heavy atom. The van der Waals surface area contributed by atoms with E-state index in [4.69, 9.17) is 25.6 Å². The Kier molecular flexibility index (Phi) is 11.0. The summed E-state index contributed by atoms with van der Waals surface area (Å²) in [5, 5.41) is 22.2. The number of benzene rings is 1. The average molecular weight is 724 g/mol. The van der Waals surface area contributed by atoms with E-state index in [9.17, 15) is 27.6 Å². The van der Waals surface area contributed by atoms with E-state index in [1.54, 1.807) is 17.8 Å². The minimum Gasteiger partial charge on any atom is -0.495 e. The quantitative estimate of drug-likeness (QED) is 0.120. The van der Waals surface area contributed by atoms with Gasteiger partial charge in [0.1, 0.15) is 17.1 Å². The molecule has 1 amide bonds. The number of nitrogens with one attached hydrogen (secondary N) is 3. The first-order valence-corrected chi connectivity index (χ1v) is 16.5. The molecule has 49 heavy (non-hydrogen) atoms. The van der Waals surface area contributed by atoms with Crippen LogP contribution in [0, 0.1) is 5.41 Å². The highest BCUT2D eigenvalue weighted by Crippen LogP contribution is 2.40. The van der Waals surface area contributed by atoms with Crippen LogP contribution in [0.1, 0.15) is 28.5 Å². The third-order valence-corrected chi connectivity index (χ3v) is 8.95. The summed E-state index contributed by atoms with van der Waals surface area (Å²) in [6.45, 7) is 3.07. The zero-order valence-corrected chi connectivity index (χ0v) is 28.1. The van der Waals surface area contributed by atoms with E-state index in [-0.39, 0.29) is 53.2 Å². The van der Waals surface area contributed by atoms with Crippen molar-refractivity contribution in [1.82, 2.24) is 30.0 Å². The van der Waals surface area contributed by atoms with Gasteiger partial charge in [-0.25, -0.2) is 9.97 Å². The molecule has 4 aromatic rings. The number of anilines is 4. The highest BCUT2D eigenvalue weighted by molar-refractivity contribution is 7.38. The Morgan fingerprint density at radius 2 is 1.96 bits per heavy atom. The third-order valence-electron chi connectivity index (χ3n) is 7.45. The van der Waals surface area contributed by atoms with Crippen molar-refractivity contribution in [3.05, 3.63) is 64.7 Å². The summed E-state index contributed by atoms with van der Waals surface area (Å²) in [7, 11) is 0.715. The van der Waals surface area contributed by atoms with Crippen molar-refractivity contribution in [2.24, 2.45) is 5.41 Å². The monoisotopic (exact) mass is 723 g/mol. The fourth-order valence-corrected chi connectivity index (χ4v) is 6.11. The number of pyridine rings is 1. The molecule has 1 unspecified atom stereocenters. The number of nitrogens with zero attached hydrogens (tertiary/aromatic N) is 5. The maximum Gasteiger partial charge on any atom is 0.512 e. The zero-order valence-electron chi connectivity index (χ0n) is 26.5. The molecular weight excluding hydrogens is 692 g/mol. The summed E-state index contributed by atoms with van der Waals surface area (Å²) in [5.41, 5.74) is -0.347. The van der Waals surface area contributed by atoms with Crippen LogP contribution in [0.5, 0.6) is 5.75 Å². The standard InChI is InChI=1S/C30H31ClF3N8O6P/c1-4-48-49(45)12-17-7-24(46-3)23(8-20(17)31)40-28-36-10-19(30(32,33)34)26(41-28)39-22-6-5-21(38-25(22)27(44)35-2)18-9-37-42(11-18)13-29(14-43)15-47-16-29/h5-11,43H,4,12-16H2,1-3H3,(H2-,35,36,39,40,41,44)/p+1. The van der Waals surface area contributed by atoms with E-state index in [0.717, 1.165) is 0 Å². The van der Waals surface area contributed by atoms with Crippen LogP contribution < -0.4 is 20.7 Å². The number of carbonyl (C=O) groups is 1. The summed E-state index contributed by atoms with van der Waals surface area (Å²) >= 11 is 6.41. The number of carbonyl (C=O) groups excluding carboxylic acids is 1. The number of hydrogen-bond donors (Lipinski definition) is 4. The minimum absolute atomic E-state index is 0.0200. The maximum atomic E-state index is 14.1. The Bertz CT molecular complexity index is 1850. The lowest BCUT2D eigenvalue weighted by Gasteiger charge is -2.39. The van der Waals surface area contributed by atoms with Crippen LogP contribution in [0.4, 0.5) is 36.3 Å². The molecule has 0 spiro atoms. The molecule has 1 saturated heterocycles. The second-order valence-corrected chi connectivity index (χ2v) is 12.7. The smallest absolute Gasteiger partial charge is 0.495 e. The van der Waals surface area contributed by atoms with Gasteiger partial charge in [-0.15, -0.1) is 4.52 Å². The molecule has 4 heterocycles. The predicted molar refractivity (Wildman–Crippen MR) is 174 cm³/mol. The molecule has 1 aromatic carbocycles. The lowest BCUT2D eigenvalue weighted by Crippen LogP contribution is -2.48. The SMILES string of the molecule is CCO[P+](=O)Cc1cc(OC)c(Nc2ncc(C(F)(F)F)c(Nc3ccc(-c4cnn(CC5(CO)COC5)c4)nc3C(=O)NC)n2)cc1Cl. The van der Waals surface area contributed by atoms with Gasteiger partial charge in [-0.1, -0.05) is 11.6 Å². The molecule has 5 rings (SSSR count). The number of rotatable bonds is 14. The molecule has 14 nitrogen and oxygen atoms in total. The number of aliphatic hydroxyl groups is 1. The van der Waals surface area contributed by atoms with Crippen molar-refractivity contribution >= 4 is 48.7 Å². The predicted octanol–water partition coefficient (Wildman–Crippen LogP) is 5.55. The van der Waals surface area contributed by atoms with E-state index in [2.05, 4.69) is 36.0 Å². The third kappa shape index (κ3) is 8.25. The average Bonchev–Trinajstić information content (AvgIpc) is 3.52. The van der Waals surface area contributed by atoms with Gasteiger partial charge in [0.05, 0.1) is 73.8 Å². The molecule has 19 heteroatoms. The van der Waals surface area contributed by atoms with E-state index in [1.165, 1.54) is 44.6 Å². The molecule has 1 aliphatic heterocycles. The van der Waals surface area contributed by atoms with Crippen molar-refractivity contribution in [3.8, 4) is 17.0 Å². The Hall–Kier alpha value is -4.41. The lowest BCUT2D eigenvalue weighted by atomic mass is 9.87. The van der Waals surface area contributed by atoms with Gasteiger partial charge in [0, 0.05) is 30.6 Å². The van der Waals surface area contributed by atoms with Crippen LogP contribution in [0.2, 0.25) is 5.02 Å². The Balaban J connectivity index is 1.45. The van der Waals surface area contributed by atoms with Crippen LogP contribution in [-0.2, 0) is 32.7 Å². The number of halogens is 4. The molecule has 0 radical (unpaired) electrons. The normalized spacial score (nSPS) is 14.2. The first-order chi connectivity index (χ1) is 23.4. The van der Waals surface area contributed by atoms with E-state index in [1.807, 2.05) is 0 Å². The highest BCUT2D eigenvalue weighted by atomic mass is 35.5. The van der Waals surface area contributed by atoms with Gasteiger partial charge < -0.3 is 30.5 Å². The second kappa shape index (κ2) is 15.0. The van der Waals surface area contributed by atoms with Crippen molar-refractivity contribution in [1.29, 1.82) is 0 Å². The molecular formula is C30H32ClF3N8O6P+. The number of aromatic nitrogens is 5. The maximum absolute atomic E-state index is 14.1. The topological polar surface area (TPSA) is 175 Å². The zero-order chi connectivity index (χ0) is 35.3. The molecule has 3 aromatic heterocycles. The van der Waals surface area contributed by atoms with Gasteiger partial charge in [0.15, 0.2) is 5.69 Å². The van der Waals surface area contributed by atoms with E-state index in [0.29, 0.717) is 42.8 Å². The molecule has 1 aliphatic rings. The first-order valence-electron chi connectivity index (χ1n) is 14.8. The van der Waals surface area contributed by atoms with Gasteiger partial charge in [-0.05, 0) is 35.8 Å². The van der Waals surface area contributed by atoms with Crippen molar-refractivity contribution in [2.45, 2.75) is 25.8 Å². The van der Waals surface area contributed by atoms with Crippen molar-refractivity contribution in [2.75, 3.05) is 51.2 Å². The van der Waals surface area contributed by atoms with Gasteiger partial charge in [-0.3, -0.25) is 9.48 Å². The van der Waals surface area contributed by atoms with Crippen molar-refractivity contribution < 1.29 is 41.6 Å². The van der Waals surface area contributed by atoms with Crippen molar-refractivity contribution in [3.63, 3.8) is 0 Å². The van der Waals surface area contributed by atoms with E-state index < -0.39 is 36.9 Å². The summed E-state index contributed by atoms with van der Waals surface area (Å²) in [6.07, 6.45) is -1.03. The van der Waals surface area contributed by atoms with Crippen LogP contribution in [0.3, 0.4) is 0 Å². The molecule has 260 valence electrons. The van der Waals surface area contributed by atoms with Crippen LogP contribution in [0.25, 0.3) is 11.3 Å². The Morgan fingerprint density at radius 3 is 2.59 bits per heavy atom. The fraction of sp³-hybridized carbons (Fsp3) is 0.367. The molecule has 0 aliphatic carbocycles. The van der Waals surface area contributed by atoms with Gasteiger partial charge in [0.25, 0.3) is 5.91 Å². The largest absolute Gasteiger partial charge is 0.512 e. The van der Waals surface area contributed by atoms with Gasteiger partial charge in [0.2, 0.25) is 12.1 Å². The van der Waals surface area contributed by atoms with Crippen LogP contribution in [-0.4, -0.2) is 76.3 Å². The number of alkyl halides is 3. The summed E-state index contributed by atoms with van der Waals surface area (Å²) in [4.78, 5) is 25.3. The van der Waals surface area contributed by atoms with E-state index >= 15 is 0 Å². The molecule has 4 N–H and O–H groups in total. The second-order valence-electron chi connectivity index (χ2n) is 11.0. The number of methoxy groups -OCH3 is 1. The Labute approximate surface area is 284 Å². The number of ether oxygens (including phenoxy) is 2. The first kappa shape index (κ1) is 35.9. The number of hydrogen-bond acceptors (Lipinski definition) is 12. The fourth-order valence-electron chi connectivity index (χ4n) is 4.87.